The lowest BCUT2D eigenvalue weighted by atomic mass is 9.93. The Morgan fingerprint density at radius 2 is 2.12 bits per heavy atom. The van der Waals surface area contributed by atoms with Gasteiger partial charge in [0.05, 0.1) is 10.0 Å². The van der Waals surface area contributed by atoms with E-state index in [1.165, 1.54) is 11.3 Å². The summed E-state index contributed by atoms with van der Waals surface area (Å²) in [5.41, 5.74) is 13.7. The van der Waals surface area contributed by atoms with Crippen LogP contribution in [0, 0.1) is 0 Å². The topological polar surface area (TPSA) is 85.5 Å². The van der Waals surface area contributed by atoms with Crippen LogP contribution < -0.4 is 16.4 Å². The van der Waals surface area contributed by atoms with Crippen molar-refractivity contribution in [1.82, 2.24) is 14.6 Å². The number of fused-ring (bicyclic) bond motifs is 1. The van der Waals surface area contributed by atoms with Crippen molar-refractivity contribution in [3.8, 4) is 11.3 Å². The molecular formula is C16H18Cl2N6S. The molecule has 3 heterocycles. The number of anilines is 2. The summed E-state index contributed by atoms with van der Waals surface area (Å²) >= 11 is 13.9. The molecule has 1 aliphatic heterocycles. The molecule has 1 unspecified atom stereocenters. The van der Waals surface area contributed by atoms with Crippen LogP contribution in [0.2, 0.25) is 10.0 Å². The molecule has 4 rings (SSSR count). The standard InChI is InChI=1S/C16H18Cl2N6S/c1-16(20)6-3-7-23(8-16)15-22-24-13(19)12(21-14(24)25-15)9-4-2-5-10(17)11(9)18/h2,4-5H,3,6-8,19-20H2,1H3. The van der Waals surface area contributed by atoms with E-state index < -0.39 is 0 Å². The molecule has 0 radical (unpaired) electrons. The molecule has 1 aromatic carbocycles. The summed E-state index contributed by atoms with van der Waals surface area (Å²) in [7, 11) is 0. The minimum atomic E-state index is -0.197. The normalized spacial score (nSPS) is 21.2. The second-order valence-electron chi connectivity index (χ2n) is 6.71. The zero-order valence-corrected chi connectivity index (χ0v) is 16.0. The third kappa shape index (κ3) is 2.95. The molecule has 0 spiro atoms. The summed E-state index contributed by atoms with van der Waals surface area (Å²) < 4.78 is 1.66. The van der Waals surface area contributed by atoms with E-state index in [1.54, 1.807) is 10.6 Å². The third-order valence-electron chi connectivity index (χ3n) is 4.43. The molecule has 9 heteroatoms. The van der Waals surface area contributed by atoms with E-state index in [1.807, 2.05) is 12.1 Å². The lowest BCUT2D eigenvalue weighted by Gasteiger charge is -2.37. The van der Waals surface area contributed by atoms with E-state index in [4.69, 9.17) is 34.7 Å². The summed E-state index contributed by atoms with van der Waals surface area (Å²) in [6.07, 6.45) is 2.07. The van der Waals surface area contributed by atoms with E-state index in [0.717, 1.165) is 36.0 Å². The van der Waals surface area contributed by atoms with Gasteiger partial charge in [-0.25, -0.2) is 4.98 Å². The van der Waals surface area contributed by atoms with Crippen LogP contribution in [0.3, 0.4) is 0 Å². The molecule has 0 aliphatic carbocycles. The van der Waals surface area contributed by atoms with E-state index >= 15 is 0 Å². The number of imidazole rings is 1. The Kier molecular flexibility index (Phi) is 4.07. The fourth-order valence-electron chi connectivity index (χ4n) is 3.20. The lowest BCUT2D eigenvalue weighted by Crippen LogP contribution is -2.52. The van der Waals surface area contributed by atoms with Crippen LogP contribution in [0.1, 0.15) is 19.8 Å². The summed E-state index contributed by atoms with van der Waals surface area (Å²) in [5.74, 6) is 0.453. The average Bonchev–Trinajstić information content (AvgIpc) is 3.09. The van der Waals surface area contributed by atoms with Gasteiger partial charge < -0.3 is 16.4 Å². The number of halogens is 2. The fraction of sp³-hybridized carbons (Fsp3) is 0.375. The van der Waals surface area contributed by atoms with Gasteiger partial charge in [-0.1, -0.05) is 46.7 Å². The van der Waals surface area contributed by atoms with Crippen LogP contribution in [-0.2, 0) is 0 Å². The van der Waals surface area contributed by atoms with Crippen LogP contribution in [0.25, 0.3) is 16.2 Å². The Morgan fingerprint density at radius 3 is 2.84 bits per heavy atom. The SMILES string of the molecule is CC1(N)CCCN(c2nn3c(N)c(-c4cccc(Cl)c4Cl)nc3s2)C1. The summed E-state index contributed by atoms with van der Waals surface area (Å²) in [6, 6.07) is 5.41. The summed E-state index contributed by atoms with van der Waals surface area (Å²) in [4.78, 5) is 7.56. The van der Waals surface area contributed by atoms with Crippen molar-refractivity contribution in [2.75, 3.05) is 23.7 Å². The first-order valence-corrected chi connectivity index (χ1v) is 9.56. The molecule has 3 aromatic rings. The number of piperidine rings is 1. The van der Waals surface area contributed by atoms with Gasteiger partial charge in [0.1, 0.15) is 5.69 Å². The van der Waals surface area contributed by atoms with Crippen molar-refractivity contribution in [3.05, 3.63) is 28.2 Å². The van der Waals surface area contributed by atoms with Crippen molar-refractivity contribution >= 4 is 50.4 Å². The molecule has 0 saturated carbocycles. The van der Waals surface area contributed by atoms with Crippen molar-refractivity contribution in [3.63, 3.8) is 0 Å². The van der Waals surface area contributed by atoms with Crippen molar-refractivity contribution < 1.29 is 0 Å². The number of benzene rings is 1. The highest BCUT2D eigenvalue weighted by Crippen LogP contribution is 2.38. The molecule has 132 valence electrons. The van der Waals surface area contributed by atoms with Crippen molar-refractivity contribution in [2.24, 2.45) is 5.73 Å². The second kappa shape index (κ2) is 6.02. The van der Waals surface area contributed by atoms with Crippen LogP contribution in [0.5, 0.6) is 0 Å². The number of hydrogen-bond acceptors (Lipinski definition) is 6. The maximum atomic E-state index is 6.30. The van der Waals surface area contributed by atoms with Gasteiger partial charge in [0, 0.05) is 24.2 Å². The van der Waals surface area contributed by atoms with Crippen LogP contribution in [-0.4, -0.2) is 33.2 Å². The highest BCUT2D eigenvalue weighted by atomic mass is 35.5. The maximum absolute atomic E-state index is 6.30. The maximum Gasteiger partial charge on any atom is 0.216 e. The molecule has 4 N–H and O–H groups in total. The Bertz CT molecular complexity index is 948. The van der Waals surface area contributed by atoms with Crippen LogP contribution in [0.4, 0.5) is 10.9 Å². The van der Waals surface area contributed by atoms with E-state index in [9.17, 15) is 0 Å². The van der Waals surface area contributed by atoms with Crippen molar-refractivity contribution in [1.29, 1.82) is 0 Å². The minimum Gasteiger partial charge on any atom is -0.382 e. The third-order valence-corrected chi connectivity index (χ3v) is 6.22. The molecule has 2 aromatic heterocycles. The van der Waals surface area contributed by atoms with E-state index in [0.29, 0.717) is 27.1 Å². The Labute approximate surface area is 159 Å². The van der Waals surface area contributed by atoms with Gasteiger partial charge in [-0.15, -0.1) is 5.10 Å². The summed E-state index contributed by atoms with van der Waals surface area (Å²) in [6.45, 7) is 3.79. The minimum absolute atomic E-state index is 0.197. The predicted molar refractivity (Wildman–Crippen MR) is 105 cm³/mol. The Balaban J connectivity index is 1.73. The molecule has 0 amide bonds. The molecule has 1 atom stereocenters. The van der Waals surface area contributed by atoms with Gasteiger partial charge in [-0.05, 0) is 25.8 Å². The monoisotopic (exact) mass is 396 g/mol. The van der Waals surface area contributed by atoms with Crippen LogP contribution >= 0.6 is 34.5 Å². The number of nitrogens with zero attached hydrogens (tertiary/aromatic N) is 4. The Morgan fingerprint density at radius 1 is 1.32 bits per heavy atom. The average molecular weight is 397 g/mol. The van der Waals surface area contributed by atoms with Gasteiger partial charge in [-0.2, -0.15) is 4.52 Å². The first kappa shape index (κ1) is 16.9. The quantitative estimate of drug-likeness (QED) is 0.689. The lowest BCUT2D eigenvalue weighted by molar-refractivity contribution is 0.374. The molecule has 6 nitrogen and oxygen atoms in total. The molecule has 1 aliphatic rings. The Hall–Kier alpha value is -1.54. The largest absolute Gasteiger partial charge is 0.382 e. The van der Waals surface area contributed by atoms with Gasteiger partial charge in [0.25, 0.3) is 0 Å². The van der Waals surface area contributed by atoms with E-state index in [2.05, 4.69) is 21.9 Å². The first-order valence-electron chi connectivity index (χ1n) is 7.99. The van der Waals surface area contributed by atoms with Gasteiger partial charge >= 0.3 is 0 Å². The summed E-state index contributed by atoms with van der Waals surface area (Å²) in [5, 5.41) is 6.44. The number of aromatic nitrogens is 3. The van der Waals surface area contributed by atoms with Gasteiger partial charge in [0.15, 0.2) is 5.82 Å². The highest BCUT2D eigenvalue weighted by Gasteiger charge is 2.29. The molecule has 1 fully saturated rings. The molecular weight excluding hydrogens is 379 g/mol. The molecule has 1 saturated heterocycles. The zero-order valence-electron chi connectivity index (χ0n) is 13.7. The number of hydrogen-bond donors (Lipinski definition) is 2. The first-order chi connectivity index (χ1) is 11.9. The van der Waals surface area contributed by atoms with E-state index in [-0.39, 0.29) is 5.54 Å². The van der Waals surface area contributed by atoms with Crippen LogP contribution in [0.15, 0.2) is 18.2 Å². The second-order valence-corrected chi connectivity index (χ2v) is 8.42. The predicted octanol–water partition coefficient (Wildman–Crippen LogP) is 3.66. The molecule has 0 bridgehead atoms. The van der Waals surface area contributed by atoms with Crippen molar-refractivity contribution in [2.45, 2.75) is 25.3 Å². The highest BCUT2D eigenvalue weighted by molar-refractivity contribution is 7.20. The number of nitrogens with two attached hydrogens (primary N) is 2. The van der Waals surface area contributed by atoms with Gasteiger partial charge in [0.2, 0.25) is 10.1 Å². The van der Waals surface area contributed by atoms with Gasteiger partial charge in [-0.3, -0.25) is 0 Å². The zero-order chi connectivity index (χ0) is 17.8. The smallest absolute Gasteiger partial charge is 0.216 e. The number of rotatable bonds is 2. The number of nitrogen functional groups attached to an aromatic ring is 1. The fourth-order valence-corrected chi connectivity index (χ4v) is 4.52. The molecule has 25 heavy (non-hydrogen) atoms.